The van der Waals surface area contributed by atoms with E-state index in [1.807, 2.05) is 19.3 Å². The van der Waals surface area contributed by atoms with Gasteiger partial charge in [-0.1, -0.05) is 0 Å². The first-order chi connectivity index (χ1) is 7.66. The first-order valence-corrected chi connectivity index (χ1v) is 5.94. The summed E-state index contributed by atoms with van der Waals surface area (Å²) in [6.07, 6.45) is 3.71. The number of aromatic nitrogens is 2. The van der Waals surface area contributed by atoms with Crippen molar-refractivity contribution in [3.05, 3.63) is 18.1 Å². The molecule has 0 radical (unpaired) electrons. The molecule has 1 aromatic heterocycles. The zero-order valence-corrected chi connectivity index (χ0v) is 10.3. The lowest BCUT2D eigenvalue weighted by Crippen LogP contribution is -2.49. The normalized spacial score (nSPS) is 18.1. The molecule has 0 amide bonds. The van der Waals surface area contributed by atoms with Gasteiger partial charge in [-0.05, 0) is 20.8 Å². The van der Waals surface area contributed by atoms with Crippen LogP contribution in [0.2, 0.25) is 0 Å². The fourth-order valence-electron chi connectivity index (χ4n) is 2.02. The number of aryl methyl sites for hydroxylation is 1. The van der Waals surface area contributed by atoms with Gasteiger partial charge in [0.2, 0.25) is 0 Å². The number of anilines is 1. The van der Waals surface area contributed by atoms with E-state index in [2.05, 4.69) is 33.6 Å². The maximum Gasteiger partial charge on any atom is 0.147 e. The summed E-state index contributed by atoms with van der Waals surface area (Å²) in [6.45, 7) is 10.8. The van der Waals surface area contributed by atoms with E-state index in [-0.39, 0.29) is 0 Å². The number of piperazine rings is 1. The Morgan fingerprint density at radius 2 is 1.75 bits per heavy atom. The third-order valence-corrected chi connectivity index (χ3v) is 3.14. The molecule has 0 aliphatic carbocycles. The molecule has 88 valence electrons. The molecule has 0 bridgehead atoms. The smallest absolute Gasteiger partial charge is 0.147 e. The highest BCUT2D eigenvalue weighted by Crippen LogP contribution is 2.13. The Balaban J connectivity index is 1.96. The van der Waals surface area contributed by atoms with Crippen molar-refractivity contribution in [3.8, 4) is 0 Å². The van der Waals surface area contributed by atoms with Crippen molar-refractivity contribution in [3.63, 3.8) is 0 Å². The zero-order chi connectivity index (χ0) is 11.5. The summed E-state index contributed by atoms with van der Waals surface area (Å²) in [6, 6.07) is 0.645. The van der Waals surface area contributed by atoms with Gasteiger partial charge in [0, 0.05) is 32.2 Å². The SMILES string of the molecule is Cc1cnc(N2CCN(C(C)C)CC2)cn1. The quantitative estimate of drug-likeness (QED) is 0.752. The van der Waals surface area contributed by atoms with E-state index >= 15 is 0 Å². The lowest BCUT2D eigenvalue weighted by Gasteiger charge is -2.37. The number of nitrogens with zero attached hydrogens (tertiary/aromatic N) is 4. The number of rotatable bonds is 2. The van der Waals surface area contributed by atoms with Gasteiger partial charge in [0.15, 0.2) is 0 Å². The van der Waals surface area contributed by atoms with Gasteiger partial charge >= 0.3 is 0 Å². The second kappa shape index (κ2) is 4.78. The van der Waals surface area contributed by atoms with Gasteiger partial charge in [-0.25, -0.2) is 4.98 Å². The van der Waals surface area contributed by atoms with Crippen LogP contribution in [-0.4, -0.2) is 47.1 Å². The molecule has 1 aliphatic heterocycles. The van der Waals surface area contributed by atoms with Crippen LogP contribution < -0.4 is 4.90 Å². The summed E-state index contributed by atoms with van der Waals surface area (Å²) in [5, 5.41) is 0. The molecule has 0 aromatic carbocycles. The van der Waals surface area contributed by atoms with Crippen LogP contribution in [0.4, 0.5) is 5.82 Å². The summed E-state index contributed by atoms with van der Waals surface area (Å²) < 4.78 is 0. The zero-order valence-electron chi connectivity index (χ0n) is 10.3. The molecule has 1 aromatic rings. The van der Waals surface area contributed by atoms with Crippen molar-refractivity contribution in [1.29, 1.82) is 0 Å². The van der Waals surface area contributed by atoms with Crippen LogP contribution in [0, 0.1) is 6.92 Å². The standard InChI is InChI=1S/C12H20N4/c1-10(2)15-4-6-16(7-5-15)12-9-13-11(3)8-14-12/h8-10H,4-7H2,1-3H3. The molecule has 0 spiro atoms. The fourth-order valence-corrected chi connectivity index (χ4v) is 2.02. The highest BCUT2D eigenvalue weighted by Gasteiger charge is 2.19. The van der Waals surface area contributed by atoms with E-state index < -0.39 is 0 Å². The Labute approximate surface area is 97.3 Å². The Bertz CT molecular complexity index is 325. The number of hydrogen-bond donors (Lipinski definition) is 0. The third-order valence-electron chi connectivity index (χ3n) is 3.14. The molecule has 1 saturated heterocycles. The molecule has 0 saturated carbocycles. The van der Waals surface area contributed by atoms with Crippen LogP contribution in [0.1, 0.15) is 19.5 Å². The maximum atomic E-state index is 4.42. The molecule has 4 heteroatoms. The monoisotopic (exact) mass is 220 g/mol. The Morgan fingerprint density at radius 3 is 2.25 bits per heavy atom. The molecular weight excluding hydrogens is 200 g/mol. The predicted octanol–water partition coefficient (Wildman–Crippen LogP) is 1.32. The fraction of sp³-hybridized carbons (Fsp3) is 0.667. The third kappa shape index (κ3) is 2.50. The van der Waals surface area contributed by atoms with Gasteiger partial charge in [-0.2, -0.15) is 0 Å². The van der Waals surface area contributed by atoms with E-state index in [4.69, 9.17) is 0 Å². The second-order valence-electron chi connectivity index (χ2n) is 4.63. The highest BCUT2D eigenvalue weighted by molar-refractivity contribution is 5.36. The summed E-state index contributed by atoms with van der Waals surface area (Å²) in [5.41, 5.74) is 0.976. The largest absolute Gasteiger partial charge is 0.353 e. The average Bonchev–Trinajstić information content (AvgIpc) is 2.30. The lowest BCUT2D eigenvalue weighted by molar-refractivity contribution is 0.209. The minimum absolute atomic E-state index is 0.645. The maximum absolute atomic E-state index is 4.42. The van der Waals surface area contributed by atoms with Crippen LogP contribution in [0.5, 0.6) is 0 Å². The van der Waals surface area contributed by atoms with Gasteiger partial charge in [0.1, 0.15) is 5.82 Å². The molecule has 16 heavy (non-hydrogen) atoms. The van der Waals surface area contributed by atoms with Crippen LogP contribution in [0.3, 0.4) is 0 Å². The van der Waals surface area contributed by atoms with Crippen molar-refractivity contribution < 1.29 is 0 Å². The first-order valence-electron chi connectivity index (χ1n) is 5.94. The average molecular weight is 220 g/mol. The molecule has 0 atom stereocenters. The van der Waals surface area contributed by atoms with Crippen molar-refractivity contribution >= 4 is 5.82 Å². The molecule has 1 aliphatic rings. The molecule has 4 nitrogen and oxygen atoms in total. The van der Waals surface area contributed by atoms with Crippen LogP contribution in [0.25, 0.3) is 0 Å². The summed E-state index contributed by atoms with van der Waals surface area (Å²) in [4.78, 5) is 13.5. The second-order valence-corrected chi connectivity index (χ2v) is 4.63. The molecule has 2 rings (SSSR count). The molecule has 2 heterocycles. The predicted molar refractivity (Wildman–Crippen MR) is 65.7 cm³/mol. The molecule has 0 N–H and O–H groups in total. The molecular formula is C12H20N4. The van der Waals surface area contributed by atoms with Crippen LogP contribution in [0.15, 0.2) is 12.4 Å². The van der Waals surface area contributed by atoms with E-state index in [1.54, 1.807) is 0 Å². The lowest BCUT2D eigenvalue weighted by atomic mass is 10.2. The van der Waals surface area contributed by atoms with Crippen LogP contribution in [-0.2, 0) is 0 Å². The Morgan fingerprint density at radius 1 is 1.06 bits per heavy atom. The van der Waals surface area contributed by atoms with Crippen LogP contribution >= 0.6 is 0 Å². The van der Waals surface area contributed by atoms with Gasteiger partial charge in [-0.15, -0.1) is 0 Å². The summed E-state index contributed by atoms with van der Waals surface area (Å²) in [5.74, 6) is 1.01. The number of hydrogen-bond acceptors (Lipinski definition) is 4. The highest BCUT2D eigenvalue weighted by atomic mass is 15.3. The van der Waals surface area contributed by atoms with Gasteiger partial charge < -0.3 is 4.90 Å². The van der Waals surface area contributed by atoms with Crippen molar-refractivity contribution in [1.82, 2.24) is 14.9 Å². The Hall–Kier alpha value is -1.16. The van der Waals surface area contributed by atoms with Crippen molar-refractivity contribution in [2.45, 2.75) is 26.8 Å². The minimum atomic E-state index is 0.645. The van der Waals surface area contributed by atoms with E-state index in [0.29, 0.717) is 6.04 Å². The summed E-state index contributed by atoms with van der Waals surface area (Å²) >= 11 is 0. The molecule has 0 unspecified atom stereocenters. The Kier molecular flexibility index (Phi) is 3.39. The van der Waals surface area contributed by atoms with E-state index in [0.717, 1.165) is 37.7 Å². The molecule has 1 fully saturated rings. The van der Waals surface area contributed by atoms with Crippen molar-refractivity contribution in [2.24, 2.45) is 0 Å². The minimum Gasteiger partial charge on any atom is -0.353 e. The van der Waals surface area contributed by atoms with E-state index in [9.17, 15) is 0 Å². The summed E-state index contributed by atoms with van der Waals surface area (Å²) in [7, 11) is 0. The topological polar surface area (TPSA) is 32.3 Å². The van der Waals surface area contributed by atoms with Crippen molar-refractivity contribution in [2.75, 3.05) is 31.1 Å². The first kappa shape index (κ1) is 11.3. The van der Waals surface area contributed by atoms with E-state index in [1.165, 1.54) is 0 Å². The van der Waals surface area contributed by atoms with Gasteiger partial charge in [-0.3, -0.25) is 9.88 Å². The van der Waals surface area contributed by atoms with Gasteiger partial charge in [0.05, 0.1) is 18.1 Å². The van der Waals surface area contributed by atoms with Gasteiger partial charge in [0.25, 0.3) is 0 Å².